The number of piperidine rings is 1. The molecule has 1 rings (SSSR count). The maximum Gasteiger partial charge on any atom is 0.0704 e. The Morgan fingerprint density at radius 1 is 0.571 bits per heavy atom. The van der Waals surface area contributed by atoms with E-state index < -0.39 is 0 Å². The molecule has 168 valence electrons. The van der Waals surface area contributed by atoms with Gasteiger partial charge in [-0.2, -0.15) is 0 Å². The highest BCUT2D eigenvalue weighted by Crippen LogP contribution is 2.12. The SMILES string of the molecule is CCCCCCCCCCCCCCCOCCOCCOC1CCNCC1. The van der Waals surface area contributed by atoms with E-state index in [1.807, 2.05) is 0 Å². The lowest BCUT2D eigenvalue weighted by Gasteiger charge is -2.22. The van der Waals surface area contributed by atoms with E-state index >= 15 is 0 Å². The van der Waals surface area contributed by atoms with E-state index in [-0.39, 0.29) is 0 Å². The first-order chi connectivity index (χ1) is 13.9. The third-order valence-electron chi connectivity index (χ3n) is 5.63. The van der Waals surface area contributed by atoms with Gasteiger partial charge in [-0.05, 0) is 32.4 Å². The van der Waals surface area contributed by atoms with Crippen molar-refractivity contribution >= 4 is 0 Å². The van der Waals surface area contributed by atoms with Crippen molar-refractivity contribution in [2.75, 3.05) is 46.1 Å². The van der Waals surface area contributed by atoms with E-state index in [1.54, 1.807) is 0 Å². The highest BCUT2D eigenvalue weighted by Gasteiger charge is 2.12. The molecule has 1 heterocycles. The Kier molecular flexibility index (Phi) is 19.9. The van der Waals surface area contributed by atoms with Gasteiger partial charge in [-0.1, -0.05) is 84.0 Å². The van der Waals surface area contributed by atoms with Gasteiger partial charge in [-0.25, -0.2) is 0 Å². The molecular formula is C24H49NO3. The second-order valence-electron chi connectivity index (χ2n) is 8.29. The number of nitrogens with one attached hydrogen (secondary N) is 1. The van der Waals surface area contributed by atoms with E-state index in [2.05, 4.69) is 12.2 Å². The molecule has 0 bridgehead atoms. The Balaban J connectivity index is 1.64. The van der Waals surface area contributed by atoms with Crippen LogP contribution in [0, 0.1) is 0 Å². The van der Waals surface area contributed by atoms with Crippen molar-refractivity contribution in [1.29, 1.82) is 0 Å². The first-order valence-electron chi connectivity index (χ1n) is 12.4. The zero-order valence-electron chi connectivity index (χ0n) is 18.9. The molecule has 1 fully saturated rings. The lowest BCUT2D eigenvalue weighted by Crippen LogP contribution is -2.33. The Morgan fingerprint density at radius 2 is 1.04 bits per heavy atom. The Bertz CT molecular complexity index is 296. The van der Waals surface area contributed by atoms with E-state index in [9.17, 15) is 0 Å². The summed E-state index contributed by atoms with van der Waals surface area (Å²) >= 11 is 0. The van der Waals surface area contributed by atoms with E-state index in [4.69, 9.17) is 14.2 Å². The molecule has 4 heteroatoms. The molecule has 0 aliphatic carbocycles. The molecule has 0 saturated carbocycles. The smallest absolute Gasteiger partial charge is 0.0704 e. The number of ether oxygens (including phenoxy) is 3. The average Bonchev–Trinajstić information content (AvgIpc) is 2.73. The molecule has 4 nitrogen and oxygen atoms in total. The van der Waals surface area contributed by atoms with Gasteiger partial charge in [-0.15, -0.1) is 0 Å². The van der Waals surface area contributed by atoms with Gasteiger partial charge in [0.1, 0.15) is 0 Å². The van der Waals surface area contributed by atoms with Crippen LogP contribution < -0.4 is 5.32 Å². The summed E-state index contributed by atoms with van der Waals surface area (Å²) in [6.45, 7) is 8.13. The Hall–Kier alpha value is -0.160. The molecule has 0 aromatic rings. The van der Waals surface area contributed by atoms with Gasteiger partial charge in [-0.3, -0.25) is 0 Å². The predicted octanol–water partition coefficient (Wildman–Crippen LogP) is 5.88. The molecule has 0 aromatic carbocycles. The van der Waals surface area contributed by atoms with Gasteiger partial charge in [0.15, 0.2) is 0 Å². The van der Waals surface area contributed by atoms with Gasteiger partial charge in [0.2, 0.25) is 0 Å². The lowest BCUT2D eigenvalue weighted by atomic mass is 10.0. The van der Waals surface area contributed by atoms with Gasteiger partial charge in [0.05, 0.1) is 32.5 Å². The average molecular weight is 400 g/mol. The van der Waals surface area contributed by atoms with Crippen LogP contribution in [0.2, 0.25) is 0 Å². The predicted molar refractivity (Wildman–Crippen MR) is 119 cm³/mol. The third-order valence-corrected chi connectivity index (χ3v) is 5.63. The van der Waals surface area contributed by atoms with E-state index in [0.29, 0.717) is 32.5 Å². The summed E-state index contributed by atoms with van der Waals surface area (Å²) in [7, 11) is 0. The van der Waals surface area contributed by atoms with Crippen LogP contribution >= 0.6 is 0 Å². The monoisotopic (exact) mass is 399 g/mol. The summed E-state index contributed by atoms with van der Waals surface area (Å²) in [4.78, 5) is 0. The zero-order valence-corrected chi connectivity index (χ0v) is 18.9. The summed E-state index contributed by atoms with van der Waals surface area (Å²) in [5.74, 6) is 0. The topological polar surface area (TPSA) is 39.7 Å². The van der Waals surface area contributed by atoms with Crippen molar-refractivity contribution in [3.63, 3.8) is 0 Å². The van der Waals surface area contributed by atoms with E-state index in [0.717, 1.165) is 32.5 Å². The molecule has 0 unspecified atom stereocenters. The quantitative estimate of drug-likeness (QED) is 0.245. The highest BCUT2D eigenvalue weighted by atomic mass is 16.5. The van der Waals surface area contributed by atoms with Gasteiger partial charge < -0.3 is 19.5 Å². The van der Waals surface area contributed by atoms with Gasteiger partial charge >= 0.3 is 0 Å². The summed E-state index contributed by atoms with van der Waals surface area (Å²) in [6, 6.07) is 0. The molecule has 1 N–H and O–H groups in total. The molecule has 0 spiro atoms. The minimum atomic E-state index is 0.427. The molecule has 0 aromatic heterocycles. The zero-order chi connectivity index (χ0) is 20.0. The molecule has 0 amide bonds. The molecule has 0 radical (unpaired) electrons. The van der Waals surface area contributed by atoms with Crippen molar-refractivity contribution in [3.8, 4) is 0 Å². The van der Waals surface area contributed by atoms with Crippen LogP contribution in [0.5, 0.6) is 0 Å². The standard InChI is InChI=1S/C24H49NO3/c1-2-3-4-5-6-7-8-9-10-11-12-13-14-19-26-20-21-27-22-23-28-24-15-17-25-18-16-24/h24-25H,2-23H2,1H3. The number of unbranched alkanes of at least 4 members (excludes halogenated alkanes) is 12. The van der Waals surface area contributed by atoms with Crippen LogP contribution in [0.4, 0.5) is 0 Å². The maximum absolute atomic E-state index is 5.81. The molecule has 1 saturated heterocycles. The van der Waals surface area contributed by atoms with Crippen molar-refractivity contribution in [3.05, 3.63) is 0 Å². The number of hydrogen-bond acceptors (Lipinski definition) is 4. The number of hydrogen-bond donors (Lipinski definition) is 1. The number of rotatable bonds is 21. The lowest BCUT2D eigenvalue weighted by molar-refractivity contribution is -0.0199. The molecule has 1 aliphatic rings. The summed E-state index contributed by atoms with van der Waals surface area (Å²) in [6.07, 6.45) is 20.8. The van der Waals surface area contributed by atoms with Crippen LogP contribution in [-0.2, 0) is 14.2 Å². The molecule has 28 heavy (non-hydrogen) atoms. The summed E-state index contributed by atoms with van der Waals surface area (Å²) in [5.41, 5.74) is 0. The molecular weight excluding hydrogens is 350 g/mol. The Labute approximate surface area is 175 Å². The van der Waals surface area contributed by atoms with Crippen molar-refractivity contribution in [2.45, 2.75) is 109 Å². The minimum absolute atomic E-state index is 0.427. The van der Waals surface area contributed by atoms with Crippen LogP contribution in [0.1, 0.15) is 103 Å². The van der Waals surface area contributed by atoms with Gasteiger partial charge in [0.25, 0.3) is 0 Å². The van der Waals surface area contributed by atoms with E-state index in [1.165, 1.54) is 83.5 Å². The fraction of sp³-hybridized carbons (Fsp3) is 1.00. The molecule has 0 atom stereocenters. The Morgan fingerprint density at radius 3 is 1.61 bits per heavy atom. The van der Waals surface area contributed by atoms with Crippen LogP contribution in [-0.4, -0.2) is 52.2 Å². The fourth-order valence-electron chi connectivity index (χ4n) is 3.78. The minimum Gasteiger partial charge on any atom is -0.379 e. The highest BCUT2D eigenvalue weighted by molar-refractivity contribution is 4.67. The maximum atomic E-state index is 5.81. The fourth-order valence-corrected chi connectivity index (χ4v) is 3.78. The third kappa shape index (κ3) is 17.9. The van der Waals surface area contributed by atoms with Crippen LogP contribution in [0.15, 0.2) is 0 Å². The second kappa shape index (κ2) is 21.5. The first kappa shape index (κ1) is 25.9. The molecule has 1 aliphatic heterocycles. The summed E-state index contributed by atoms with van der Waals surface area (Å²) < 4.78 is 17.0. The van der Waals surface area contributed by atoms with Crippen LogP contribution in [0.25, 0.3) is 0 Å². The second-order valence-corrected chi connectivity index (χ2v) is 8.29. The largest absolute Gasteiger partial charge is 0.379 e. The van der Waals surface area contributed by atoms with Gasteiger partial charge in [0, 0.05) is 6.61 Å². The first-order valence-corrected chi connectivity index (χ1v) is 12.4. The summed E-state index contributed by atoms with van der Waals surface area (Å²) in [5, 5.41) is 3.35. The van der Waals surface area contributed by atoms with Crippen molar-refractivity contribution in [2.24, 2.45) is 0 Å². The normalized spacial score (nSPS) is 15.3. The van der Waals surface area contributed by atoms with Crippen molar-refractivity contribution in [1.82, 2.24) is 5.32 Å². The van der Waals surface area contributed by atoms with Crippen LogP contribution in [0.3, 0.4) is 0 Å². The van der Waals surface area contributed by atoms with Crippen molar-refractivity contribution < 1.29 is 14.2 Å².